The van der Waals surface area contributed by atoms with E-state index in [1.165, 1.54) is 0 Å². The summed E-state index contributed by atoms with van der Waals surface area (Å²) in [7, 11) is 4.05. The van der Waals surface area contributed by atoms with E-state index in [2.05, 4.69) is 38.9 Å². The molecule has 5 heteroatoms. The maximum atomic E-state index is 5.82. The Morgan fingerprint density at radius 1 is 1.44 bits per heavy atom. The Hall–Kier alpha value is -1.33. The molecule has 0 aliphatic rings. The average molecular weight is 309 g/mol. The van der Waals surface area contributed by atoms with E-state index in [-0.39, 0.29) is 0 Å². The predicted octanol–water partition coefficient (Wildman–Crippen LogP) is 2.28. The number of nitrogens with two attached hydrogens (primary N) is 1. The molecule has 18 heavy (non-hydrogen) atoms. The summed E-state index contributed by atoms with van der Waals surface area (Å²) in [5.41, 5.74) is 8.07. The zero-order valence-electron chi connectivity index (χ0n) is 10.6. The fraction of sp³-hybridized carbons (Fsp3) is 0.308. The number of imidazole rings is 1. The molecule has 0 amide bonds. The van der Waals surface area contributed by atoms with Gasteiger partial charge in [0.1, 0.15) is 5.82 Å². The van der Waals surface area contributed by atoms with E-state index < -0.39 is 0 Å². The molecule has 0 saturated carbocycles. The van der Waals surface area contributed by atoms with Crippen LogP contribution >= 0.6 is 15.9 Å². The van der Waals surface area contributed by atoms with Gasteiger partial charge < -0.3 is 15.2 Å². The number of benzene rings is 1. The summed E-state index contributed by atoms with van der Waals surface area (Å²) in [4.78, 5) is 6.50. The number of aryl methyl sites for hydroxylation is 1. The highest BCUT2D eigenvalue weighted by Crippen LogP contribution is 2.27. The second-order valence-electron chi connectivity index (χ2n) is 4.25. The van der Waals surface area contributed by atoms with Crippen molar-refractivity contribution in [1.29, 1.82) is 0 Å². The zero-order chi connectivity index (χ0) is 13.1. The largest absolute Gasteiger partial charge is 0.367 e. The predicted molar refractivity (Wildman–Crippen MR) is 77.3 cm³/mol. The van der Waals surface area contributed by atoms with Crippen LogP contribution in [0.2, 0.25) is 0 Å². The molecule has 0 aliphatic carbocycles. The zero-order valence-corrected chi connectivity index (χ0v) is 12.2. The first-order valence-corrected chi connectivity index (χ1v) is 6.57. The Kier molecular flexibility index (Phi) is 4.04. The van der Waals surface area contributed by atoms with E-state index in [0.717, 1.165) is 28.1 Å². The van der Waals surface area contributed by atoms with Crippen molar-refractivity contribution in [3.63, 3.8) is 0 Å². The molecule has 2 aromatic rings. The molecule has 0 fully saturated rings. The molecule has 0 aliphatic heterocycles. The summed E-state index contributed by atoms with van der Waals surface area (Å²) in [5, 5.41) is 0. The van der Waals surface area contributed by atoms with Crippen molar-refractivity contribution >= 4 is 21.6 Å². The number of hydrogen-bond acceptors (Lipinski definition) is 3. The molecule has 0 radical (unpaired) electrons. The molecular formula is C13H17BrN4. The fourth-order valence-electron chi connectivity index (χ4n) is 1.95. The van der Waals surface area contributed by atoms with Crippen LogP contribution in [0.15, 0.2) is 35.1 Å². The van der Waals surface area contributed by atoms with E-state index in [1.807, 2.05) is 36.1 Å². The van der Waals surface area contributed by atoms with Crippen LogP contribution in [0.3, 0.4) is 0 Å². The van der Waals surface area contributed by atoms with Gasteiger partial charge in [0, 0.05) is 48.8 Å². The highest BCUT2D eigenvalue weighted by Gasteiger charge is 2.11. The minimum Gasteiger partial charge on any atom is -0.367 e. The summed E-state index contributed by atoms with van der Waals surface area (Å²) >= 11 is 3.54. The third kappa shape index (κ3) is 2.57. The summed E-state index contributed by atoms with van der Waals surface area (Å²) in [6.07, 6.45) is 3.77. The Labute approximate surface area is 116 Å². The van der Waals surface area contributed by atoms with E-state index in [9.17, 15) is 0 Å². The standard InChI is InChI=1S/C13H17BrN4/c1-17-7-6-16-13(17)9-18(2)12-5-3-4-11(14)10(12)8-15/h3-7H,8-9,15H2,1-2H3. The molecule has 1 aromatic carbocycles. The smallest absolute Gasteiger partial charge is 0.127 e. The van der Waals surface area contributed by atoms with Crippen molar-refractivity contribution in [3.05, 3.63) is 46.5 Å². The Morgan fingerprint density at radius 3 is 2.83 bits per heavy atom. The minimum absolute atomic E-state index is 0.516. The van der Waals surface area contributed by atoms with Gasteiger partial charge in [-0.1, -0.05) is 22.0 Å². The number of anilines is 1. The van der Waals surface area contributed by atoms with Crippen LogP contribution in [0.5, 0.6) is 0 Å². The third-order valence-electron chi connectivity index (χ3n) is 3.01. The molecule has 96 valence electrons. The van der Waals surface area contributed by atoms with Crippen molar-refractivity contribution in [2.24, 2.45) is 12.8 Å². The molecule has 1 aromatic heterocycles. The molecule has 2 rings (SSSR count). The number of nitrogens with zero attached hydrogens (tertiary/aromatic N) is 3. The van der Waals surface area contributed by atoms with Crippen molar-refractivity contribution in [2.75, 3.05) is 11.9 Å². The average Bonchev–Trinajstić information content (AvgIpc) is 2.74. The van der Waals surface area contributed by atoms with Gasteiger partial charge in [-0.05, 0) is 12.1 Å². The molecule has 0 atom stereocenters. The maximum absolute atomic E-state index is 5.82. The number of rotatable bonds is 4. The summed E-state index contributed by atoms with van der Waals surface area (Å²) < 4.78 is 3.07. The van der Waals surface area contributed by atoms with E-state index in [0.29, 0.717) is 6.54 Å². The number of aromatic nitrogens is 2. The first kappa shape index (κ1) is 13.1. The molecule has 0 saturated heterocycles. The first-order chi connectivity index (χ1) is 8.63. The fourth-order valence-corrected chi connectivity index (χ4v) is 2.47. The lowest BCUT2D eigenvalue weighted by Gasteiger charge is -2.22. The van der Waals surface area contributed by atoms with Crippen LogP contribution in [-0.2, 0) is 20.1 Å². The monoisotopic (exact) mass is 308 g/mol. The summed E-state index contributed by atoms with van der Waals surface area (Å²) in [6, 6.07) is 6.11. The van der Waals surface area contributed by atoms with Gasteiger partial charge >= 0.3 is 0 Å². The van der Waals surface area contributed by atoms with Gasteiger partial charge in [0.2, 0.25) is 0 Å². The summed E-state index contributed by atoms with van der Waals surface area (Å²) in [5.74, 6) is 1.03. The highest BCUT2D eigenvalue weighted by molar-refractivity contribution is 9.10. The van der Waals surface area contributed by atoms with Gasteiger partial charge in [0.15, 0.2) is 0 Å². The molecular weight excluding hydrogens is 292 g/mol. The van der Waals surface area contributed by atoms with E-state index in [1.54, 1.807) is 0 Å². The van der Waals surface area contributed by atoms with E-state index >= 15 is 0 Å². The van der Waals surface area contributed by atoms with Crippen LogP contribution in [0, 0.1) is 0 Å². The molecule has 0 spiro atoms. The number of halogens is 1. The second kappa shape index (κ2) is 5.54. The first-order valence-electron chi connectivity index (χ1n) is 5.78. The lowest BCUT2D eigenvalue weighted by Crippen LogP contribution is -2.21. The maximum Gasteiger partial charge on any atom is 0.127 e. The van der Waals surface area contributed by atoms with Crippen molar-refractivity contribution in [3.8, 4) is 0 Å². The Morgan fingerprint density at radius 2 is 2.22 bits per heavy atom. The van der Waals surface area contributed by atoms with Crippen molar-refractivity contribution < 1.29 is 0 Å². The van der Waals surface area contributed by atoms with E-state index in [4.69, 9.17) is 5.73 Å². The van der Waals surface area contributed by atoms with Crippen LogP contribution < -0.4 is 10.6 Å². The third-order valence-corrected chi connectivity index (χ3v) is 3.75. The SMILES string of the molecule is CN(Cc1nccn1C)c1cccc(Br)c1CN. The normalized spacial score (nSPS) is 10.7. The van der Waals surface area contributed by atoms with Crippen molar-refractivity contribution in [2.45, 2.75) is 13.1 Å². The quantitative estimate of drug-likeness (QED) is 0.942. The van der Waals surface area contributed by atoms with Crippen LogP contribution in [0.25, 0.3) is 0 Å². The van der Waals surface area contributed by atoms with Crippen molar-refractivity contribution in [1.82, 2.24) is 9.55 Å². The lowest BCUT2D eigenvalue weighted by molar-refractivity contribution is 0.758. The highest BCUT2D eigenvalue weighted by atomic mass is 79.9. The van der Waals surface area contributed by atoms with Crippen LogP contribution in [0.1, 0.15) is 11.4 Å². The molecule has 2 N–H and O–H groups in total. The molecule has 0 unspecified atom stereocenters. The minimum atomic E-state index is 0.516. The van der Waals surface area contributed by atoms with Gasteiger partial charge in [-0.3, -0.25) is 0 Å². The topological polar surface area (TPSA) is 47.1 Å². The van der Waals surface area contributed by atoms with Gasteiger partial charge in [0.05, 0.1) is 6.54 Å². The lowest BCUT2D eigenvalue weighted by atomic mass is 10.1. The Bertz CT molecular complexity index is 536. The van der Waals surface area contributed by atoms with Crippen LogP contribution in [0.4, 0.5) is 5.69 Å². The second-order valence-corrected chi connectivity index (χ2v) is 5.11. The van der Waals surface area contributed by atoms with Gasteiger partial charge in [-0.15, -0.1) is 0 Å². The van der Waals surface area contributed by atoms with Gasteiger partial charge in [0.25, 0.3) is 0 Å². The number of hydrogen-bond donors (Lipinski definition) is 1. The van der Waals surface area contributed by atoms with Gasteiger partial charge in [-0.25, -0.2) is 4.98 Å². The molecule has 4 nitrogen and oxygen atoms in total. The van der Waals surface area contributed by atoms with Crippen LogP contribution in [-0.4, -0.2) is 16.6 Å². The van der Waals surface area contributed by atoms with Gasteiger partial charge in [-0.2, -0.15) is 0 Å². The Balaban J connectivity index is 2.26. The molecule has 1 heterocycles. The summed E-state index contributed by atoms with van der Waals surface area (Å²) in [6.45, 7) is 1.27. The molecule has 0 bridgehead atoms.